The first-order valence-corrected chi connectivity index (χ1v) is 5.65. The van der Waals surface area contributed by atoms with Crippen molar-refractivity contribution in [3.8, 4) is 0 Å². The van der Waals surface area contributed by atoms with Crippen molar-refractivity contribution in [3.63, 3.8) is 0 Å². The van der Waals surface area contributed by atoms with E-state index in [1.807, 2.05) is 25.1 Å². The third kappa shape index (κ3) is 2.58. The molecule has 0 heterocycles. The number of rotatable bonds is 4. The molecule has 0 saturated heterocycles. The van der Waals surface area contributed by atoms with Gasteiger partial charge in [-0.15, -0.1) is 0 Å². The molecule has 1 saturated carbocycles. The van der Waals surface area contributed by atoms with Gasteiger partial charge in [0.2, 0.25) is 5.91 Å². The Morgan fingerprint density at radius 3 is 2.60 bits per heavy atom. The van der Waals surface area contributed by atoms with E-state index in [1.54, 1.807) is 0 Å². The van der Waals surface area contributed by atoms with Gasteiger partial charge in [-0.2, -0.15) is 0 Å². The van der Waals surface area contributed by atoms with E-state index < -0.39 is 0 Å². The summed E-state index contributed by atoms with van der Waals surface area (Å²) >= 11 is 0. The number of hydrogen-bond donors (Lipinski definition) is 1. The van der Waals surface area contributed by atoms with Crippen molar-refractivity contribution in [1.29, 1.82) is 0 Å². The monoisotopic (exact) mass is 203 g/mol. The number of nitrogens with one attached hydrogen (secondary N) is 1. The topological polar surface area (TPSA) is 29.1 Å². The van der Waals surface area contributed by atoms with Gasteiger partial charge < -0.3 is 5.32 Å². The molecule has 1 atom stereocenters. The van der Waals surface area contributed by atoms with Crippen molar-refractivity contribution < 1.29 is 4.79 Å². The molecule has 2 rings (SSSR count). The minimum Gasteiger partial charge on any atom is -0.349 e. The van der Waals surface area contributed by atoms with Crippen molar-refractivity contribution in [2.24, 2.45) is 5.92 Å². The van der Waals surface area contributed by atoms with Gasteiger partial charge in [0.1, 0.15) is 0 Å². The van der Waals surface area contributed by atoms with Crippen LogP contribution in [0, 0.1) is 5.92 Å². The van der Waals surface area contributed by atoms with Crippen molar-refractivity contribution in [1.82, 2.24) is 5.32 Å². The molecule has 0 radical (unpaired) electrons. The lowest BCUT2D eigenvalue weighted by Gasteiger charge is -2.18. The second-order valence-electron chi connectivity index (χ2n) is 4.15. The van der Waals surface area contributed by atoms with Crippen molar-refractivity contribution in [2.45, 2.75) is 32.2 Å². The zero-order chi connectivity index (χ0) is 10.7. The van der Waals surface area contributed by atoms with Crippen LogP contribution in [0.5, 0.6) is 0 Å². The summed E-state index contributed by atoms with van der Waals surface area (Å²) < 4.78 is 0. The zero-order valence-electron chi connectivity index (χ0n) is 9.07. The summed E-state index contributed by atoms with van der Waals surface area (Å²) in [7, 11) is 0. The minimum absolute atomic E-state index is 0.149. The third-order valence-corrected chi connectivity index (χ3v) is 2.89. The van der Waals surface area contributed by atoms with E-state index in [-0.39, 0.29) is 11.9 Å². The van der Waals surface area contributed by atoms with E-state index in [4.69, 9.17) is 0 Å². The molecule has 1 fully saturated rings. The molecular formula is C13H17NO. The molecule has 1 unspecified atom stereocenters. The van der Waals surface area contributed by atoms with Gasteiger partial charge in [0.15, 0.2) is 0 Å². The first kappa shape index (κ1) is 10.2. The summed E-state index contributed by atoms with van der Waals surface area (Å²) in [6, 6.07) is 10.5. The molecule has 1 aromatic rings. The number of hydrogen-bond acceptors (Lipinski definition) is 1. The van der Waals surface area contributed by atoms with Gasteiger partial charge in [0.25, 0.3) is 0 Å². The van der Waals surface area contributed by atoms with E-state index >= 15 is 0 Å². The lowest BCUT2D eigenvalue weighted by atomic mass is 10.0. The van der Waals surface area contributed by atoms with E-state index in [9.17, 15) is 4.79 Å². The zero-order valence-corrected chi connectivity index (χ0v) is 9.07. The van der Waals surface area contributed by atoms with Gasteiger partial charge >= 0.3 is 0 Å². The fourth-order valence-corrected chi connectivity index (χ4v) is 1.84. The molecule has 1 amide bonds. The van der Waals surface area contributed by atoms with Crippen LogP contribution in [0.2, 0.25) is 0 Å². The predicted molar refractivity (Wildman–Crippen MR) is 60.3 cm³/mol. The summed E-state index contributed by atoms with van der Waals surface area (Å²) in [5.41, 5.74) is 1.24. The second kappa shape index (κ2) is 4.47. The maximum Gasteiger partial charge on any atom is 0.220 e. The van der Waals surface area contributed by atoms with Gasteiger partial charge in [0.05, 0.1) is 6.04 Å². The Morgan fingerprint density at radius 2 is 2.07 bits per heavy atom. The average Bonchev–Trinajstić information content (AvgIpc) is 3.10. The van der Waals surface area contributed by atoms with Gasteiger partial charge in [-0.25, -0.2) is 0 Å². The average molecular weight is 203 g/mol. The van der Waals surface area contributed by atoms with Gasteiger partial charge in [-0.1, -0.05) is 37.3 Å². The molecule has 80 valence electrons. The summed E-state index contributed by atoms with van der Waals surface area (Å²) in [5, 5.41) is 3.11. The van der Waals surface area contributed by atoms with Crippen molar-refractivity contribution in [2.75, 3.05) is 0 Å². The second-order valence-corrected chi connectivity index (χ2v) is 4.15. The number of amides is 1. The first-order chi connectivity index (χ1) is 7.31. The molecule has 2 nitrogen and oxygen atoms in total. The van der Waals surface area contributed by atoms with Crippen LogP contribution in [0.25, 0.3) is 0 Å². The molecule has 1 aromatic carbocycles. The van der Waals surface area contributed by atoms with E-state index in [1.165, 1.54) is 18.4 Å². The molecular weight excluding hydrogens is 186 g/mol. The lowest BCUT2D eigenvalue weighted by Crippen LogP contribution is -2.29. The highest BCUT2D eigenvalue weighted by molar-refractivity contribution is 5.76. The fourth-order valence-electron chi connectivity index (χ4n) is 1.84. The third-order valence-electron chi connectivity index (χ3n) is 2.89. The number of benzene rings is 1. The van der Waals surface area contributed by atoms with E-state index in [0.29, 0.717) is 12.3 Å². The lowest BCUT2D eigenvalue weighted by molar-refractivity contribution is -0.121. The SMILES string of the molecule is CCC(=O)NC(c1ccccc1)C1CC1. The summed E-state index contributed by atoms with van der Waals surface area (Å²) in [6.45, 7) is 1.89. The summed E-state index contributed by atoms with van der Waals surface area (Å²) in [6.07, 6.45) is 3.04. The normalized spacial score (nSPS) is 17.1. The van der Waals surface area contributed by atoms with Crippen LogP contribution in [0.3, 0.4) is 0 Å². The van der Waals surface area contributed by atoms with Gasteiger partial charge in [-0.05, 0) is 24.3 Å². The Balaban J connectivity index is 2.10. The smallest absolute Gasteiger partial charge is 0.220 e. The highest BCUT2D eigenvalue weighted by atomic mass is 16.1. The quantitative estimate of drug-likeness (QED) is 0.800. The molecule has 1 aliphatic carbocycles. The molecule has 0 spiro atoms. The molecule has 0 bridgehead atoms. The fraction of sp³-hybridized carbons (Fsp3) is 0.462. The number of carbonyl (C=O) groups is 1. The Morgan fingerprint density at radius 1 is 1.40 bits per heavy atom. The number of carbonyl (C=O) groups excluding carboxylic acids is 1. The maximum atomic E-state index is 11.4. The Hall–Kier alpha value is -1.31. The first-order valence-electron chi connectivity index (χ1n) is 5.65. The predicted octanol–water partition coefficient (Wildman–Crippen LogP) is 2.66. The van der Waals surface area contributed by atoms with Crippen LogP contribution in [0.1, 0.15) is 37.8 Å². The van der Waals surface area contributed by atoms with Gasteiger partial charge in [0, 0.05) is 6.42 Å². The molecule has 0 aromatic heterocycles. The van der Waals surface area contributed by atoms with Crippen LogP contribution in [-0.2, 0) is 4.79 Å². The maximum absolute atomic E-state index is 11.4. The van der Waals surface area contributed by atoms with Crippen molar-refractivity contribution in [3.05, 3.63) is 35.9 Å². The molecule has 1 N–H and O–H groups in total. The largest absolute Gasteiger partial charge is 0.349 e. The summed E-state index contributed by atoms with van der Waals surface area (Å²) in [4.78, 5) is 11.4. The van der Waals surface area contributed by atoms with E-state index in [2.05, 4.69) is 17.4 Å². The van der Waals surface area contributed by atoms with Crippen LogP contribution < -0.4 is 5.32 Å². The molecule has 15 heavy (non-hydrogen) atoms. The Labute approximate surface area is 90.7 Å². The molecule has 0 aliphatic heterocycles. The summed E-state index contributed by atoms with van der Waals surface area (Å²) in [5.74, 6) is 0.804. The van der Waals surface area contributed by atoms with Crippen LogP contribution >= 0.6 is 0 Å². The molecule has 2 heteroatoms. The standard InChI is InChI=1S/C13H17NO/c1-2-12(15)14-13(11-8-9-11)10-6-4-3-5-7-10/h3-7,11,13H,2,8-9H2,1H3,(H,14,15). The van der Waals surface area contributed by atoms with Gasteiger partial charge in [-0.3, -0.25) is 4.79 Å². The Kier molecular flexibility index (Phi) is 3.05. The van der Waals surface area contributed by atoms with Crippen molar-refractivity contribution >= 4 is 5.91 Å². The van der Waals surface area contributed by atoms with Crippen LogP contribution in [-0.4, -0.2) is 5.91 Å². The van der Waals surface area contributed by atoms with E-state index in [0.717, 1.165) is 0 Å². The highest BCUT2D eigenvalue weighted by Gasteiger charge is 2.32. The van der Waals surface area contributed by atoms with Crippen LogP contribution in [0.15, 0.2) is 30.3 Å². The molecule has 1 aliphatic rings. The minimum atomic E-state index is 0.149. The highest BCUT2D eigenvalue weighted by Crippen LogP contribution is 2.40. The van der Waals surface area contributed by atoms with Crippen LogP contribution in [0.4, 0.5) is 0 Å². The Bertz CT molecular complexity index is 330.